The van der Waals surface area contributed by atoms with Gasteiger partial charge in [-0.2, -0.15) is 5.06 Å². The molecule has 56 valence electrons. The lowest BCUT2D eigenvalue weighted by Gasteiger charge is -2.08. The minimum Gasteiger partial charge on any atom is -0.272 e. The fraction of sp³-hybridized carbons (Fsp3) is 0.667. The van der Waals surface area contributed by atoms with Crippen LogP contribution in [0.1, 0.15) is 13.3 Å². The summed E-state index contributed by atoms with van der Waals surface area (Å²) in [5.41, 5.74) is 0. The first-order valence-electron chi connectivity index (χ1n) is 3.07. The third kappa shape index (κ3) is 0.903. The van der Waals surface area contributed by atoms with E-state index in [0.717, 1.165) is 5.06 Å². The summed E-state index contributed by atoms with van der Waals surface area (Å²) in [7, 11) is 1.31. The maximum atomic E-state index is 10.9. The SMILES string of the molecule is CON1C(=O)C[C@H](C)C1=O. The van der Waals surface area contributed by atoms with Crippen molar-refractivity contribution < 1.29 is 14.4 Å². The minimum absolute atomic E-state index is 0.215. The summed E-state index contributed by atoms with van der Waals surface area (Å²) < 4.78 is 0. The highest BCUT2D eigenvalue weighted by atomic mass is 16.7. The van der Waals surface area contributed by atoms with Crippen LogP contribution < -0.4 is 0 Å². The quantitative estimate of drug-likeness (QED) is 0.483. The van der Waals surface area contributed by atoms with E-state index in [1.807, 2.05) is 0 Å². The van der Waals surface area contributed by atoms with Crippen LogP contribution in [0.5, 0.6) is 0 Å². The summed E-state index contributed by atoms with van der Waals surface area (Å²) in [5.74, 6) is -0.708. The summed E-state index contributed by atoms with van der Waals surface area (Å²) in [4.78, 5) is 26.3. The van der Waals surface area contributed by atoms with E-state index in [9.17, 15) is 9.59 Å². The van der Waals surface area contributed by atoms with E-state index >= 15 is 0 Å². The topological polar surface area (TPSA) is 46.6 Å². The number of amides is 2. The lowest BCUT2D eigenvalue weighted by Crippen LogP contribution is -2.28. The van der Waals surface area contributed by atoms with Gasteiger partial charge in [-0.15, -0.1) is 0 Å². The average molecular weight is 143 g/mol. The van der Waals surface area contributed by atoms with Crippen LogP contribution in [-0.4, -0.2) is 24.0 Å². The molecule has 1 heterocycles. The average Bonchev–Trinajstić information content (AvgIpc) is 2.09. The lowest BCUT2D eigenvalue weighted by molar-refractivity contribution is -0.180. The van der Waals surface area contributed by atoms with Gasteiger partial charge in [-0.05, 0) is 0 Å². The smallest absolute Gasteiger partial charge is 0.256 e. The zero-order valence-corrected chi connectivity index (χ0v) is 5.96. The van der Waals surface area contributed by atoms with Crippen LogP contribution in [0.2, 0.25) is 0 Å². The van der Waals surface area contributed by atoms with Gasteiger partial charge in [-0.3, -0.25) is 14.4 Å². The molecule has 1 atom stereocenters. The fourth-order valence-electron chi connectivity index (χ4n) is 0.947. The zero-order valence-electron chi connectivity index (χ0n) is 5.96. The maximum absolute atomic E-state index is 10.9. The van der Waals surface area contributed by atoms with Crippen LogP contribution in [-0.2, 0) is 14.4 Å². The second-order valence-electron chi connectivity index (χ2n) is 2.31. The van der Waals surface area contributed by atoms with Gasteiger partial charge in [-0.25, -0.2) is 0 Å². The maximum Gasteiger partial charge on any atom is 0.256 e. The molecular weight excluding hydrogens is 134 g/mol. The van der Waals surface area contributed by atoms with Crippen molar-refractivity contribution in [1.29, 1.82) is 0 Å². The van der Waals surface area contributed by atoms with Crippen molar-refractivity contribution in [3.05, 3.63) is 0 Å². The molecule has 0 aromatic heterocycles. The van der Waals surface area contributed by atoms with Crippen molar-refractivity contribution in [3.63, 3.8) is 0 Å². The van der Waals surface area contributed by atoms with Gasteiger partial charge in [0.05, 0.1) is 7.11 Å². The highest BCUT2D eigenvalue weighted by molar-refractivity contribution is 6.02. The Balaban J connectivity index is 2.74. The Labute approximate surface area is 58.7 Å². The van der Waals surface area contributed by atoms with Crippen molar-refractivity contribution in [2.75, 3.05) is 7.11 Å². The summed E-state index contributed by atoms with van der Waals surface area (Å²) in [6, 6.07) is 0. The summed E-state index contributed by atoms with van der Waals surface area (Å²) >= 11 is 0. The van der Waals surface area contributed by atoms with Gasteiger partial charge >= 0.3 is 0 Å². The van der Waals surface area contributed by atoms with Gasteiger partial charge in [-0.1, -0.05) is 6.92 Å². The summed E-state index contributed by atoms with van der Waals surface area (Å²) in [5, 5.41) is 0.810. The van der Waals surface area contributed by atoms with Crippen LogP contribution in [0.3, 0.4) is 0 Å². The molecule has 0 bridgehead atoms. The third-order valence-corrected chi connectivity index (χ3v) is 1.51. The van der Waals surface area contributed by atoms with Gasteiger partial charge in [0.15, 0.2) is 0 Å². The number of hydrogen-bond donors (Lipinski definition) is 0. The van der Waals surface area contributed by atoms with Crippen LogP contribution >= 0.6 is 0 Å². The van der Waals surface area contributed by atoms with Crippen molar-refractivity contribution in [3.8, 4) is 0 Å². The van der Waals surface area contributed by atoms with Crippen molar-refractivity contribution in [1.82, 2.24) is 5.06 Å². The van der Waals surface area contributed by atoms with E-state index in [1.54, 1.807) is 6.92 Å². The van der Waals surface area contributed by atoms with Gasteiger partial charge in [0.2, 0.25) is 0 Å². The van der Waals surface area contributed by atoms with E-state index in [2.05, 4.69) is 4.84 Å². The predicted octanol–water partition coefficient (Wildman–Crippen LogP) is -0.0572. The molecular formula is C6H9NO3. The molecule has 1 rings (SSSR count). The Morgan fingerprint density at radius 1 is 1.60 bits per heavy atom. The van der Waals surface area contributed by atoms with E-state index in [4.69, 9.17) is 0 Å². The molecule has 1 aliphatic rings. The second-order valence-corrected chi connectivity index (χ2v) is 2.31. The largest absolute Gasteiger partial charge is 0.272 e. The van der Waals surface area contributed by atoms with E-state index < -0.39 is 0 Å². The van der Waals surface area contributed by atoms with Crippen molar-refractivity contribution in [2.24, 2.45) is 5.92 Å². The molecule has 0 spiro atoms. The number of hydrogen-bond acceptors (Lipinski definition) is 3. The van der Waals surface area contributed by atoms with Crippen molar-refractivity contribution in [2.45, 2.75) is 13.3 Å². The van der Waals surface area contributed by atoms with Crippen LogP contribution in [0.4, 0.5) is 0 Å². The van der Waals surface area contributed by atoms with Gasteiger partial charge < -0.3 is 0 Å². The van der Waals surface area contributed by atoms with E-state index in [0.29, 0.717) is 0 Å². The van der Waals surface area contributed by atoms with Gasteiger partial charge in [0, 0.05) is 12.3 Å². The standard InChI is InChI=1S/C6H9NO3/c1-4-3-5(8)7(10-2)6(4)9/h4H,3H2,1-2H3/t4-/m0/s1. The van der Waals surface area contributed by atoms with Crippen molar-refractivity contribution >= 4 is 11.8 Å². The van der Waals surface area contributed by atoms with Crippen LogP contribution in [0.25, 0.3) is 0 Å². The molecule has 0 N–H and O–H groups in total. The molecule has 1 saturated heterocycles. The number of carbonyl (C=O) groups excluding carboxylic acids is 2. The fourth-order valence-corrected chi connectivity index (χ4v) is 0.947. The summed E-state index contributed by atoms with van der Waals surface area (Å²) in [6.07, 6.45) is 0.271. The predicted molar refractivity (Wildman–Crippen MR) is 32.6 cm³/mol. The monoisotopic (exact) mass is 143 g/mol. The Kier molecular flexibility index (Phi) is 1.72. The number of imide groups is 1. The molecule has 4 nitrogen and oxygen atoms in total. The normalized spacial score (nSPS) is 26.2. The molecule has 0 unspecified atom stereocenters. The van der Waals surface area contributed by atoms with Gasteiger partial charge in [0.1, 0.15) is 0 Å². The van der Waals surface area contributed by atoms with Crippen LogP contribution in [0.15, 0.2) is 0 Å². The first-order chi connectivity index (χ1) is 4.66. The first-order valence-corrected chi connectivity index (χ1v) is 3.07. The van der Waals surface area contributed by atoms with Crippen LogP contribution in [0, 0.1) is 5.92 Å². The third-order valence-electron chi connectivity index (χ3n) is 1.51. The Morgan fingerprint density at radius 2 is 2.20 bits per heavy atom. The van der Waals surface area contributed by atoms with Gasteiger partial charge in [0.25, 0.3) is 11.8 Å². The number of hydroxylamine groups is 2. The highest BCUT2D eigenvalue weighted by Crippen LogP contribution is 2.17. The molecule has 0 aliphatic carbocycles. The molecule has 0 aromatic carbocycles. The molecule has 0 radical (unpaired) electrons. The Hall–Kier alpha value is -0.900. The molecule has 4 heteroatoms. The second kappa shape index (κ2) is 2.38. The molecule has 2 amide bonds. The first kappa shape index (κ1) is 7.21. The molecule has 0 saturated carbocycles. The van der Waals surface area contributed by atoms with E-state index in [-0.39, 0.29) is 24.2 Å². The number of carbonyl (C=O) groups is 2. The zero-order chi connectivity index (χ0) is 7.72. The molecule has 0 aromatic rings. The summed E-state index contributed by atoms with van der Waals surface area (Å²) in [6.45, 7) is 1.71. The number of nitrogens with zero attached hydrogens (tertiary/aromatic N) is 1. The Morgan fingerprint density at radius 3 is 2.40 bits per heavy atom. The molecule has 1 fully saturated rings. The lowest BCUT2D eigenvalue weighted by atomic mass is 10.1. The molecule has 10 heavy (non-hydrogen) atoms. The molecule has 1 aliphatic heterocycles. The highest BCUT2D eigenvalue weighted by Gasteiger charge is 2.35. The number of rotatable bonds is 1. The van der Waals surface area contributed by atoms with E-state index in [1.165, 1.54) is 7.11 Å². The minimum atomic E-state index is -0.250. The Bertz CT molecular complexity index is 178.